The van der Waals surface area contributed by atoms with E-state index in [9.17, 15) is 0 Å². The molecule has 15 heavy (non-hydrogen) atoms. The Hall–Kier alpha value is -0.0200. The van der Waals surface area contributed by atoms with Crippen molar-refractivity contribution in [3.8, 4) is 5.75 Å². The molecule has 0 aliphatic rings. The van der Waals surface area contributed by atoms with Crippen LogP contribution in [-0.4, -0.2) is 19.5 Å². The van der Waals surface area contributed by atoms with Crippen LogP contribution in [0.15, 0.2) is 29.2 Å². The molecule has 0 saturated carbocycles. The second kappa shape index (κ2) is 5.90. The van der Waals surface area contributed by atoms with E-state index >= 15 is 0 Å². The molecule has 0 amide bonds. The van der Waals surface area contributed by atoms with Crippen LogP contribution in [0.25, 0.3) is 0 Å². The van der Waals surface area contributed by atoms with E-state index in [1.165, 1.54) is 0 Å². The zero-order valence-electron chi connectivity index (χ0n) is 9.10. The summed E-state index contributed by atoms with van der Waals surface area (Å²) < 4.78 is 11.2. The monoisotopic (exact) mass is 262 g/mol. The molecule has 1 aromatic rings. The van der Waals surface area contributed by atoms with Crippen LogP contribution in [0.1, 0.15) is 6.92 Å². The van der Waals surface area contributed by atoms with E-state index in [-0.39, 0.29) is 0 Å². The summed E-state index contributed by atoms with van der Waals surface area (Å²) in [5.74, 6) is 0.823. The van der Waals surface area contributed by atoms with Gasteiger partial charge in [-0.25, -0.2) is 0 Å². The SMILES string of the molecule is CCOP(C)(=S)Oc1ccccc1SC. The minimum absolute atomic E-state index is 0.592. The molecule has 0 N–H and O–H groups in total. The highest BCUT2D eigenvalue weighted by Crippen LogP contribution is 2.46. The molecule has 0 bridgehead atoms. The van der Waals surface area contributed by atoms with E-state index < -0.39 is 6.49 Å². The summed E-state index contributed by atoms with van der Waals surface area (Å²) >= 11 is 6.93. The number of hydrogen-bond acceptors (Lipinski definition) is 4. The maximum Gasteiger partial charge on any atom is 0.235 e. The highest BCUT2D eigenvalue weighted by atomic mass is 32.5. The molecule has 0 aliphatic carbocycles. The van der Waals surface area contributed by atoms with Crippen molar-refractivity contribution in [2.24, 2.45) is 0 Å². The largest absolute Gasteiger partial charge is 0.442 e. The number of benzene rings is 1. The van der Waals surface area contributed by atoms with Crippen LogP contribution in [0.3, 0.4) is 0 Å². The smallest absolute Gasteiger partial charge is 0.235 e. The predicted molar refractivity (Wildman–Crippen MR) is 70.7 cm³/mol. The van der Waals surface area contributed by atoms with Crippen molar-refractivity contribution in [1.29, 1.82) is 0 Å². The fourth-order valence-electron chi connectivity index (χ4n) is 1.13. The number of thioether (sulfide) groups is 1. The molecule has 0 aromatic heterocycles. The van der Waals surface area contributed by atoms with Gasteiger partial charge in [0.25, 0.3) is 0 Å². The molecular formula is C10H15O2PS2. The Bertz CT molecular complexity index is 368. The Morgan fingerprint density at radius 1 is 1.40 bits per heavy atom. The predicted octanol–water partition coefficient (Wildman–Crippen LogP) is 3.76. The van der Waals surface area contributed by atoms with Gasteiger partial charge in [0.2, 0.25) is 6.49 Å². The molecule has 0 spiro atoms. The molecule has 0 radical (unpaired) electrons. The molecule has 1 rings (SSSR count). The van der Waals surface area contributed by atoms with Crippen molar-refractivity contribution < 1.29 is 9.05 Å². The molecule has 2 nitrogen and oxygen atoms in total. The Balaban J connectivity index is 2.84. The third-order valence-electron chi connectivity index (χ3n) is 1.70. The molecule has 1 atom stereocenters. The molecule has 0 saturated heterocycles. The average molecular weight is 262 g/mol. The summed E-state index contributed by atoms with van der Waals surface area (Å²) in [7, 11) is 0. The van der Waals surface area contributed by atoms with Crippen LogP contribution in [0.2, 0.25) is 0 Å². The van der Waals surface area contributed by atoms with Crippen LogP contribution in [0.4, 0.5) is 0 Å². The van der Waals surface area contributed by atoms with Crippen molar-refractivity contribution in [1.82, 2.24) is 0 Å². The van der Waals surface area contributed by atoms with Crippen LogP contribution >= 0.6 is 18.3 Å². The van der Waals surface area contributed by atoms with Gasteiger partial charge < -0.3 is 9.05 Å². The van der Waals surface area contributed by atoms with Gasteiger partial charge in [0.05, 0.1) is 6.61 Å². The van der Waals surface area contributed by atoms with Crippen LogP contribution < -0.4 is 4.52 Å². The molecule has 84 valence electrons. The third-order valence-corrected chi connectivity index (χ3v) is 4.27. The highest BCUT2D eigenvalue weighted by molar-refractivity contribution is 8.09. The Kier molecular flexibility index (Phi) is 5.13. The topological polar surface area (TPSA) is 18.5 Å². The van der Waals surface area contributed by atoms with E-state index in [2.05, 4.69) is 0 Å². The van der Waals surface area contributed by atoms with Gasteiger partial charge in [-0.1, -0.05) is 12.1 Å². The summed E-state index contributed by atoms with van der Waals surface area (Å²) in [5.41, 5.74) is 0. The minimum atomic E-state index is -2.13. The summed E-state index contributed by atoms with van der Waals surface area (Å²) in [4.78, 5) is 1.09. The van der Waals surface area contributed by atoms with Crippen molar-refractivity contribution in [2.75, 3.05) is 19.5 Å². The standard InChI is InChI=1S/C10H15O2PS2/c1-4-11-13(2,14)12-9-7-5-6-8-10(9)15-3/h5-8H,4H2,1-3H3. The molecule has 1 aromatic carbocycles. The molecule has 1 unspecified atom stereocenters. The number of hydrogen-bond donors (Lipinski definition) is 0. The third kappa shape index (κ3) is 4.15. The lowest BCUT2D eigenvalue weighted by molar-refractivity contribution is 0.334. The summed E-state index contributed by atoms with van der Waals surface area (Å²) in [6, 6.07) is 7.87. The van der Waals surface area contributed by atoms with Crippen molar-refractivity contribution in [3.63, 3.8) is 0 Å². The Morgan fingerprint density at radius 2 is 2.07 bits per heavy atom. The van der Waals surface area contributed by atoms with Gasteiger partial charge >= 0.3 is 0 Å². The van der Waals surface area contributed by atoms with E-state index in [1.54, 1.807) is 11.8 Å². The van der Waals surface area contributed by atoms with E-state index in [1.807, 2.05) is 44.1 Å². The van der Waals surface area contributed by atoms with E-state index in [0.717, 1.165) is 10.6 Å². The van der Waals surface area contributed by atoms with Crippen molar-refractivity contribution >= 4 is 30.1 Å². The Labute approximate surface area is 101 Å². The molecule has 0 aliphatic heterocycles. The lowest BCUT2D eigenvalue weighted by Crippen LogP contribution is -1.96. The van der Waals surface area contributed by atoms with E-state index in [0.29, 0.717) is 6.61 Å². The fourth-order valence-corrected chi connectivity index (χ4v) is 3.32. The van der Waals surface area contributed by atoms with Gasteiger partial charge in [-0.05, 0) is 37.1 Å². The lowest BCUT2D eigenvalue weighted by atomic mass is 10.3. The first-order valence-electron chi connectivity index (χ1n) is 4.63. The first kappa shape index (κ1) is 13.0. The normalized spacial score (nSPS) is 14.6. The highest BCUT2D eigenvalue weighted by Gasteiger charge is 2.14. The molecular weight excluding hydrogens is 247 g/mol. The summed E-state index contributed by atoms with van der Waals surface area (Å²) in [5, 5.41) is 0. The van der Waals surface area contributed by atoms with Crippen molar-refractivity contribution in [3.05, 3.63) is 24.3 Å². The van der Waals surface area contributed by atoms with Crippen molar-refractivity contribution in [2.45, 2.75) is 11.8 Å². The van der Waals surface area contributed by atoms with Gasteiger partial charge in [0.1, 0.15) is 5.75 Å². The quantitative estimate of drug-likeness (QED) is 0.594. The number of para-hydroxylation sites is 1. The summed E-state index contributed by atoms with van der Waals surface area (Å²) in [6.45, 7) is 2.23. The molecule has 0 heterocycles. The van der Waals surface area contributed by atoms with Gasteiger partial charge in [-0.2, -0.15) is 0 Å². The minimum Gasteiger partial charge on any atom is -0.442 e. The number of rotatable bonds is 5. The van der Waals surface area contributed by atoms with Gasteiger partial charge in [-0.3, -0.25) is 0 Å². The molecule has 5 heteroatoms. The zero-order chi connectivity index (χ0) is 11.3. The molecule has 0 fully saturated rings. The lowest BCUT2D eigenvalue weighted by Gasteiger charge is -2.19. The first-order valence-corrected chi connectivity index (χ1v) is 8.94. The van der Waals surface area contributed by atoms with E-state index in [4.69, 9.17) is 20.9 Å². The van der Waals surface area contributed by atoms with Gasteiger partial charge in [-0.15, -0.1) is 11.8 Å². The maximum atomic E-state index is 5.75. The summed E-state index contributed by atoms with van der Waals surface area (Å²) in [6.07, 6.45) is 2.02. The Morgan fingerprint density at radius 3 is 2.67 bits per heavy atom. The fraction of sp³-hybridized carbons (Fsp3) is 0.400. The average Bonchev–Trinajstić information content (AvgIpc) is 2.17. The van der Waals surface area contributed by atoms with Crippen LogP contribution in [0.5, 0.6) is 5.75 Å². The maximum absolute atomic E-state index is 5.75. The van der Waals surface area contributed by atoms with Crippen LogP contribution in [0, 0.1) is 0 Å². The first-order chi connectivity index (χ1) is 7.09. The van der Waals surface area contributed by atoms with Gasteiger partial charge in [0.15, 0.2) is 0 Å². The van der Waals surface area contributed by atoms with Gasteiger partial charge in [0, 0.05) is 11.6 Å². The second-order valence-corrected chi connectivity index (χ2v) is 7.75. The van der Waals surface area contributed by atoms with Crippen LogP contribution in [-0.2, 0) is 16.3 Å². The second-order valence-electron chi connectivity index (χ2n) is 2.93. The zero-order valence-corrected chi connectivity index (χ0v) is 11.6.